The van der Waals surface area contributed by atoms with Crippen LogP contribution in [0.5, 0.6) is 0 Å². The van der Waals surface area contributed by atoms with Crippen molar-refractivity contribution in [2.24, 2.45) is 0 Å². The van der Waals surface area contributed by atoms with Gasteiger partial charge in [0.1, 0.15) is 11.6 Å². The van der Waals surface area contributed by atoms with Crippen molar-refractivity contribution in [3.05, 3.63) is 21.9 Å². The molecule has 14 heavy (non-hydrogen) atoms. The lowest BCUT2D eigenvalue weighted by atomic mass is 10.6. The SMILES string of the molecule is CS(=O)(=O)Cc1nc(Cl)c(F)c(Cl)n1. The summed E-state index contributed by atoms with van der Waals surface area (Å²) in [6.07, 6.45) is 1.00. The van der Waals surface area contributed by atoms with Crippen molar-refractivity contribution in [1.29, 1.82) is 0 Å². The quantitative estimate of drug-likeness (QED) is 0.754. The molecule has 78 valence electrons. The molecule has 1 heterocycles. The third-order valence-corrected chi connectivity index (χ3v) is 2.49. The van der Waals surface area contributed by atoms with Gasteiger partial charge in [0.15, 0.2) is 26.0 Å². The van der Waals surface area contributed by atoms with Gasteiger partial charge in [0.05, 0.1) is 0 Å². The van der Waals surface area contributed by atoms with Gasteiger partial charge in [-0.2, -0.15) is 0 Å². The van der Waals surface area contributed by atoms with E-state index in [1.807, 2.05) is 0 Å². The molecule has 1 aromatic heterocycles. The van der Waals surface area contributed by atoms with Gasteiger partial charge in [0, 0.05) is 6.26 Å². The maximum absolute atomic E-state index is 12.8. The van der Waals surface area contributed by atoms with E-state index in [9.17, 15) is 12.8 Å². The van der Waals surface area contributed by atoms with Gasteiger partial charge in [-0.25, -0.2) is 22.8 Å². The Morgan fingerprint density at radius 2 is 1.71 bits per heavy atom. The molecule has 0 aliphatic rings. The number of halogens is 3. The zero-order valence-electron chi connectivity index (χ0n) is 6.96. The molecule has 0 saturated carbocycles. The van der Waals surface area contributed by atoms with Gasteiger partial charge in [-0.05, 0) is 0 Å². The standard InChI is InChI=1S/C6H5Cl2FN2O2S/c1-14(12,13)2-3-10-5(7)4(9)6(8)11-3/h2H2,1H3. The van der Waals surface area contributed by atoms with Crippen LogP contribution in [0, 0.1) is 5.82 Å². The second-order valence-electron chi connectivity index (χ2n) is 2.61. The predicted molar refractivity (Wildman–Crippen MR) is 50.6 cm³/mol. The molecule has 0 aromatic carbocycles. The van der Waals surface area contributed by atoms with E-state index in [1.165, 1.54) is 0 Å². The summed E-state index contributed by atoms with van der Waals surface area (Å²) in [5.41, 5.74) is 0. The van der Waals surface area contributed by atoms with Crippen LogP contribution < -0.4 is 0 Å². The van der Waals surface area contributed by atoms with Crippen LogP contribution in [-0.2, 0) is 15.6 Å². The number of hydrogen-bond acceptors (Lipinski definition) is 4. The number of rotatable bonds is 2. The highest BCUT2D eigenvalue weighted by molar-refractivity contribution is 7.89. The van der Waals surface area contributed by atoms with Crippen molar-refractivity contribution in [3.8, 4) is 0 Å². The molecule has 8 heteroatoms. The number of sulfone groups is 1. The first kappa shape index (κ1) is 11.6. The first-order valence-corrected chi connectivity index (χ1v) is 6.16. The Balaban J connectivity index is 3.14. The fourth-order valence-corrected chi connectivity index (χ4v) is 1.75. The van der Waals surface area contributed by atoms with Gasteiger partial charge in [-0.15, -0.1) is 0 Å². The zero-order chi connectivity index (χ0) is 10.9. The second kappa shape index (κ2) is 3.96. The lowest BCUT2D eigenvalue weighted by Gasteiger charge is -2.00. The largest absolute Gasteiger partial charge is 0.229 e. The minimum absolute atomic E-state index is 0.121. The van der Waals surface area contributed by atoms with E-state index in [0.29, 0.717) is 0 Å². The summed E-state index contributed by atoms with van der Waals surface area (Å²) in [6, 6.07) is 0. The van der Waals surface area contributed by atoms with E-state index >= 15 is 0 Å². The number of hydrogen-bond donors (Lipinski definition) is 0. The molecule has 0 bridgehead atoms. The second-order valence-corrected chi connectivity index (χ2v) is 5.46. The summed E-state index contributed by atoms with van der Waals surface area (Å²) in [5.74, 6) is -1.50. The molecule has 0 radical (unpaired) electrons. The Bertz CT molecular complexity index is 440. The molecule has 0 amide bonds. The summed E-state index contributed by atoms with van der Waals surface area (Å²) < 4.78 is 34.5. The van der Waals surface area contributed by atoms with E-state index in [2.05, 4.69) is 9.97 Å². The van der Waals surface area contributed by atoms with Crippen molar-refractivity contribution in [1.82, 2.24) is 9.97 Å². The lowest BCUT2D eigenvalue weighted by Crippen LogP contribution is -2.06. The summed E-state index contributed by atoms with van der Waals surface area (Å²) >= 11 is 10.7. The molecular weight excluding hydrogens is 254 g/mol. The van der Waals surface area contributed by atoms with E-state index in [0.717, 1.165) is 6.26 Å². The molecule has 0 saturated heterocycles. The molecule has 0 fully saturated rings. The maximum atomic E-state index is 12.8. The molecule has 0 spiro atoms. The molecule has 0 atom stereocenters. The Hall–Kier alpha value is -0.460. The van der Waals surface area contributed by atoms with Gasteiger partial charge in [-0.3, -0.25) is 0 Å². The van der Waals surface area contributed by atoms with Crippen LogP contribution in [0.4, 0.5) is 4.39 Å². The Kier molecular flexibility index (Phi) is 3.28. The third kappa shape index (κ3) is 3.04. The van der Waals surface area contributed by atoms with E-state index in [1.54, 1.807) is 0 Å². The molecular formula is C6H5Cl2FN2O2S. The summed E-state index contributed by atoms with van der Waals surface area (Å²) in [7, 11) is -3.29. The average Bonchev–Trinajstić information content (AvgIpc) is 1.96. The topological polar surface area (TPSA) is 59.9 Å². The van der Waals surface area contributed by atoms with Crippen LogP contribution in [0.1, 0.15) is 5.82 Å². The third-order valence-electron chi connectivity index (χ3n) is 1.21. The van der Waals surface area contributed by atoms with Crippen molar-refractivity contribution in [2.45, 2.75) is 5.75 Å². The molecule has 0 N–H and O–H groups in total. The highest BCUT2D eigenvalue weighted by Gasteiger charge is 2.14. The van der Waals surface area contributed by atoms with Crippen LogP contribution in [0.2, 0.25) is 10.3 Å². The monoisotopic (exact) mass is 258 g/mol. The van der Waals surface area contributed by atoms with Gasteiger partial charge >= 0.3 is 0 Å². The average molecular weight is 259 g/mol. The molecule has 0 aliphatic heterocycles. The Morgan fingerprint density at radius 1 is 1.29 bits per heavy atom. The normalized spacial score (nSPS) is 11.7. The van der Waals surface area contributed by atoms with E-state index in [4.69, 9.17) is 23.2 Å². The van der Waals surface area contributed by atoms with Crippen LogP contribution in [-0.4, -0.2) is 24.6 Å². The van der Waals surface area contributed by atoms with Gasteiger partial charge in [-0.1, -0.05) is 23.2 Å². The zero-order valence-corrected chi connectivity index (χ0v) is 9.29. The fourth-order valence-electron chi connectivity index (χ4n) is 0.734. The number of aromatic nitrogens is 2. The summed E-state index contributed by atoms with van der Waals surface area (Å²) in [5, 5.41) is -0.965. The van der Waals surface area contributed by atoms with E-state index < -0.39 is 31.7 Å². The molecule has 1 rings (SSSR count). The van der Waals surface area contributed by atoms with E-state index in [-0.39, 0.29) is 5.82 Å². The van der Waals surface area contributed by atoms with Gasteiger partial charge in [0.25, 0.3) is 0 Å². The highest BCUT2D eigenvalue weighted by Crippen LogP contribution is 2.19. The number of nitrogens with zero attached hydrogens (tertiary/aromatic N) is 2. The Labute approximate surface area is 90.0 Å². The first-order valence-electron chi connectivity index (χ1n) is 3.35. The summed E-state index contributed by atoms with van der Waals surface area (Å²) in [4.78, 5) is 6.87. The molecule has 1 aromatic rings. The smallest absolute Gasteiger partial charge is 0.197 e. The van der Waals surface area contributed by atoms with Crippen LogP contribution in [0.15, 0.2) is 0 Å². The van der Waals surface area contributed by atoms with Gasteiger partial charge < -0.3 is 0 Å². The Morgan fingerprint density at radius 3 is 2.07 bits per heavy atom. The minimum Gasteiger partial charge on any atom is -0.229 e. The van der Waals surface area contributed by atoms with Crippen molar-refractivity contribution in [2.75, 3.05) is 6.26 Å². The molecule has 0 aliphatic carbocycles. The van der Waals surface area contributed by atoms with Crippen molar-refractivity contribution in [3.63, 3.8) is 0 Å². The maximum Gasteiger partial charge on any atom is 0.197 e. The highest BCUT2D eigenvalue weighted by atomic mass is 35.5. The summed E-state index contributed by atoms with van der Waals surface area (Å²) in [6.45, 7) is 0. The van der Waals surface area contributed by atoms with Crippen LogP contribution in [0.3, 0.4) is 0 Å². The lowest BCUT2D eigenvalue weighted by molar-refractivity contribution is 0.595. The predicted octanol–water partition coefficient (Wildman–Crippen LogP) is 1.47. The van der Waals surface area contributed by atoms with Crippen LogP contribution >= 0.6 is 23.2 Å². The fraction of sp³-hybridized carbons (Fsp3) is 0.333. The van der Waals surface area contributed by atoms with Crippen molar-refractivity contribution < 1.29 is 12.8 Å². The molecule has 0 unspecified atom stereocenters. The molecule has 4 nitrogen and oxygen atoms in total. The first-order chi connectivity index (χ1) is 6.29. The van der Waals surface area contributed by atoms with Crippen molar-refractivity contribution >= 4 is 33.0 Å². The minimum atomic E-state index is -3.29. The van der Waals surface area contributed by atoms with Crippen LogP contribution in [0.25, 0.3) is 0 Å². The van der Waals surface area contributed by atoms with Gasteiger partial charge in [0.2, 0.25) is 0 Å².